The molecule has 0 amide bonds. The van der Waals surface area contributed by atoms with E-state index >= 15 is 0 Å². The summed E-state index contributed by atoms with van der Waals surface area (Å²) in [4.78, 5) is 0. The molecule has 3 nitrogen and oxygen atoms in total. The lowest BCUT2D eigenvalue weighted by molar-refractivity contribution is 0.222. The van der Waals surface area contributed by atoms with Crippen molar-refractivity contribution in [1.29, 1.82) is 0 Å². The van der Waals surface area contributed by atoms with Crippen molar-refractivity contribution in [2.45, 2.75) is 51.1 Å². The summed E-state index contributed by atoms with van der Waals surface area (Å²) in [6.45, 7) is 3.17. The normalized spacial score (nSPS) is 29.4. The number of methoxy groups -OCH3 is 1. The van der Waals surface area contributed by atoms with Crippen LogP contribution in [-0.2, 0) is 0 Å². The second kappa shape index (κ2) is 6.04. The maximum absolute atomic E-state index is 5.76. The van der Waals surface area contributed by atoms with Crippen LogP contribution in [0.4, 0.5) is 0 Å². The number of hydrogen-bond acceptors (Lipinski definition) is 3. The van der Waals surface area contributed by atoms with Crippen molar-refractivity contribution in [3.05, 3.63) is 23.8 Å². The van der Waals surface area contributed by atoms with Crippen LogP contribution >= 0.6 is 0 Å². The Morgan fingerprint density at radius 3 is 2.70 bits per heavy atom. The van der Waals surface area contributed by atoms with Crippen molar-refractivity contribution in [1.82, 2.24) is 5.32 Å². The van der Waals surface area contributed by atoms with E-state index in [-0.39, 0.29) is 0 Å². The molecule has 1 saturated carbocycles. The van der Waals surface area contributed by atoms with Gasteiger partial charge in [0, 0.05) is 24.1 Å². The van der Waals surface area contributed by atoms with E-state index in [4.69, 9.17) is 9.47 Å². The first-order valence-corrected chi connectivity index (χ1v) is 7.83. The summed E-state index contributed by atoms with van der Waals surface area (Å²) in [5.74, 6) is 2.83. The number of rotatable bonds is 3. The number of fused-ring (bicyclic) bond motifs is 1. The smallest absolute Gasteiger partial charge is 0.124 e. The summed E-state index contributed by atoms with van der Waals surface area (Å²) >= 11 is 0. The Kier molecular flexibility index (Phi) is 4.16. The molecule has 110 valence electrons. The molecule has 1 aromatic rings. The summed E-state index contributed by atoms with van der Waals surface area (Å²) in [5.41, 5.74) is 1.26. The summed E-state index contributed by atoms with van der Waals surface area (Å²) in [6, 6.07) is 7.20. The Bertz CT molecular complexity index is 452. The van der Waals surface area contributed by atoms with E-state index in [0.29, 0.717) is 12.1 Å². The fraction of sp³-hybridized carbons (Fsp3) is 0.647. The SMILES string of the molecule is COc1ccc2c(c1)C(NC1CCC(C)CC1)CCO2. The molecule has 0 bridgehead atoms. The first-order chi connectivity index (χ1) is 9.76. The second-order valence-corrected chi connectivity index (χ2v) is 6.22. The van der Waals surface area contributed by atoms with E-state index in [2.05, 4.69) is 18.3 Å². The van der Waals surface area contributed by atoms with Crippen molar-refractivity contribution in [3.63, 3.8) is 0 Å². The Morgan fingerprint density at radius 1 is 1.15 bits per heavy atom. The lowest BCUT2D eigenvalue weighted by atomic mass is 9.86. The Labute approximate surface area is 121 Å². The standard InChI is InChI=1S/C17H25NO2/c1-12-3-5-13(6-4-12)18-16-9-10-20-17-8-7-14(19-2)11-15(16)17/h7-8,11-13,16,18H,3-6,9-10H2,1-2H3. The van der Waals surface area contributed by atoms with E-state index in [1.165, 1.54) is 31.2 Å². The van der Waals surface area contributed by atoms with Gasteiger partial charge in [-0.3, -0.25) is 0 Å². The molecular formula is C17H25NO2. The highest BCUT2D eigenvalue weighted by atomic mass is 16.5. The van der Waals surface area contributed by atoms with Gasteiger partial charge in [-0.2, -0.15) is 0 Å². The van der Waals surface area contributed by atoms with Crippen LogP contribution in [0.2, 0.25) is 0 Å². The minimum Gasteiger partial charge on any atom is -0.497 e. The van der Waals surface area contributed by atoms with Crippen LogP contribution in [0.5, 0.6) is 11.5 Å². The minimum absolute atomic E-state index is 0.409. The molecule has 1 unspecified atom stereocenters. The van der Waals surface area contributed by atoms with Gasteiger partial charge < -0.3 is 14.8 Å². The zero-order valence-corrected chi connectivity index (χ0v) is 12.5. The molecule has 3 rings (SSSR count). The van der Waals surface area contributed by atoms with Crippen LogP contribution < -0.4 is 14.8 Å². The van der Waals surface area contributed by atoms with Gasteiger partial charge >= 0.3 is 0 Å². The fourth-order valence-electron chi connectivity index (χ4n) is 3.38. The van der Waals surface area contributed by atoms with Gasteiger partial charge in [0.1, 0.15) is 11.5 Å². The molecule has 1 heterocycles. The maximum atomic E-state index is 5.76. The van der Waals surface area contributed by atoms with Gasteiger partial charge in [-0.1, -0.05) is 6.92 Å². The molecule has 0 aromatic heterocycles. The molecule has 1 aliphatic heterocycles. The van der Waals surface area contributed by atoms with Crippen molar-refractivity contribution in [2.75, 3.05) is 13.7 Å². The zero-order valence-electron chi connectivity index (χ0n) is 12.5. The Balaban J connectivity index is 1.72. The lowest BCUT2D eigenvalue weighted by Crippen LogP contribution is -2.37. The highest BCUT2D eigenvalue weighted by Crippen LogP contribution is 2.36. The fourth-order valence-corrected chi connectivity index (χ4v) is 3.38. The third-order valence-corrected chi connectivity index (χ3v) is 4.71. The molecule has 1 aromatic carbocycles. The molecule has 1 atom stereocenters. The van der Waals surface area contributed by atoms with Crippen LogP contribution in [-0.4, -0.2) is 19.8 Å². The van der Waals surface area contributed by atoms with Crippen molar-refractivity contribution in [2.24, 2.45) is 5.92 Å². The van der Waals surface area contributed by atoms with Crippen molar-refractivity contribution < 1.29 is 9.47 Å². The highest BCUT2D eigenvalue weighted by molar-refractivity contribution is 5.43. The van der Waals surface area contributed by atoms with E-state index in [0.717, 1.165) is 30.4 Å². The molecule has 3 heteroatoms. The van der Waals surface area contributed by atoms with Crippen molar-refractivity contribution >= 4 is 0 Å². The molecule has 20 heavy (non-hydrogen) atoms. The number of benzene rings is 1. The highest BCUT2D eigenvalue weighted by Gasteiger charge is 2.26. The van der Waals surface area contributed by atoms with Gasteiger partial charge in [0.05, 0.1) is 13.7 Å². The van der Waals surface area contributed by atoms with Gasteiger partial charge in [-0.05, 0) is 49.8 Å². The van der Waals surface area contributed by atoms with Crippen molar-refractivity contribution in [3.8, 4) is 11.5 Å². The minimum atomic E-state index is 0.409. The van der Waals surface area contributed by atoms with Crippen LogP contribution in [0, 0.1) is 5.92 Å². The molecule has 0 saturated heterocycles. The first-order valence-electron chi connectivity index (χ1n) is 7.83. The van der Waals surface area contributed by atoms with E-state index in [1.807, 2.05) is 12.1 Å². The monoisotopic (exact) mass is 275 g/mol. The van der Waals surface area contributed by atoms with E-state index < -0.39 is 0 Å². The second-order valence-electron chi connectivity index (χ2n) is 6.22. The summed E-state index contributed by atoms with van der Waals surface area (Å²) in [5, 5.41) is 3.85. The molecule has 0 radical (unpaired) electrons. The third kappa shape index (κ3) is 2.93. The average molecular weight is 275 g/mol. The van der Waals surface area contributed by atoms with Crippen LogP contribution in [0.3, 0.4) is 0 Å². The van der Waals surface area contributed by atoms with Gasteiger partial charge in [0.2, 0.25) is 0 Å². The third-order valence-electron chi connectivity index (χ3n) is 4.71. The molecule has 1 N–H and O–H groups in total. The van der Waals surface area contributed by atoms with Gasteiger partial charge in [-0.15, -0.1) is 0 Å². The van der Waals surface area contributed by atoms with Crippen LogP contribution in [0.25, 0.3) is 0 Å². The number of ether oxygens (including phenoxy) is 2. The Morgan fingerprint density at radius 2 is 1.95 bits per heavy atom. The predicted octanol–water partition coefficient (Wildman–Crippen LogP) is 3.69. The van der Waals surface area contributed by atoms with Crippen LogP contribution in [0.15, 0.2) is 18.2 Å². The molecule has 0 spiro atoms. The van der Waals surface area contributed by atoms with Gasteiger partial charge in [0.15, 0.2) is 0 Å². The maximum Gasteiger partial charge on any atom is 0.124 e. The quantitative estimate of drug-likeness (QED) is 0.912. The molecule has 2 aliphatic rings. The molecular weight excluding hydrogens is 250 g/mol. The largest absolute Gasteiger partial charge is 0.497 e. The van der Waals surface area contributed by atoms with E-state index in [9.17, 15) is 0 Å². The molecule has 1 aliphatic carbocycles. The average Bonchev–Trinajstić information content (AvgIpc) is 2.49. The number of nitrogens with one attached hydrogen (secondary N) is 1. The number of hydrogen-bond donors (Lipinski definition) is 1. The Hall–Kier alpha value is -1.22. The predicted molar refractivity (Wildman–Crippen MR) is 80.4 cm³/mol. The van der Waals surface area contributed by atoms with Gasteiger partial charge in [-0.25, -0.2) is 0 Å². The summed E-state index contributed by atoms with van der Waals surface area (Å²) < 4.78 is 11.1. The topological polar surface area (TPSA) is 30.5 Å². The summed E-state index contributed by atoms with van der Waals surface area (Å²) in [6.07, 6.45) is 6.36. The first kappa shape index (κ1) is 13.7. The van der Waals surface area contributed by atoms with E-state index in [1.54, 1.807) is 7.11 Å². The lowest BCUT2D eigenvalue weighted by Gasteiger charge is -2.34. The molecule has 1 fully saturated rings. The summed E-state index contributed by atoms with van der Waals surface area (Å²) in [7, 11) is 1.72. The van der Waals surface area contributed by atoms with Gasteiger partial charge in [0.25, 0.3) is 0 Å². The van der Waals surface area contributed by atoms with Crippen LogP contribution in [0.1, 0.15) is 50.6 Å². The zero-order chi connectivity index (χ0) is 13.9.